The molecule has 2 nitrogen and oxygen atoms in total. The van der Waals surface area contributed by atoms with E-state index in [0.29, 0.717) is 0 Å². The summed E-state index contributed by atoms with van der Waals surface area (Å²) in [5.41, 5.74) is 1.99. The molecule has 1 aliphatic carbocycles. The number of carbonyl (C=O) groups is 1. The second-order valence-electron chi connectivity index (χ2n) is 4.93. The van der Waals surface area contributed by atoms with E-state index in [2.05, 4.69) is 12.1 Å². The van der Waals surface area contributed by atoms with Crippen LogP contribution in [-0.4, -0.2) is 12.9 Å². The lowest BCUT2D eigenvalue weighted by atomic mass is 9.82. The molecule has 3 rings (SSSR count). The van der Waals surface area contributed by atoms with E-state index < -0.39 is 0 Å². The van der Waals surface area contributed by atoms with Crippen molar-refractivity contribution in [2.75, 3.05) is 7.11 Å². The number of methoxy groups -OCH3 is 1. The Morgan fingerprint density at radius 1 is 1.14 bits per heavy atom. The van der Waals surface area contributed by atoms with Crippen LogP contribution in [0.1, 0.15) is 27.6 Å². The van der Waals surface area contributed by atoms with Gasteiger partial charge in [0.05, 0.1) is 17.7 Å². The zero-order valence-electron chi connectivity index (χ0n) is 11.8. The monoisotopic (exact) mass is 296 g/mol. The molecular formula is C18H16O2S. The van der Waals surface area contributed by atoms with Gasteiger partial charge in [-0.25, -0.2) is 0 Å². The summed E-state index contributed by atoms with van der Waals surface area (Å²) in [6.45, 7) is 0. The number of hydrogen-bond acceptors (Lipinski definition) is 3. The van der Waals surface area contributed by atoms with Gasteiger partial charge in [0.2, 0.25) is 0 Å². The Labute approximate surface area is 128 Å². The van der Waals surface area contributed by atoms with E-state index in [1.54, 1.807) is 7.11 Å². The highest BCUT2D eigenvalue weighted by Crippen LogP contribution is 2.36. The smallest absolute Gasteiger partial charge is 0.199 e. The lowest BCUT2D eigenvalue weighted by molar-refractivity contribution is 0.102. The minimum Gasteiger partial charge on any atom is -0.501 e. The number of hydrogen-bond donors (Lipinski definition) is 0. The Hall–Kier alpha value is -2.13. The molecule has 106 valence electrons. The van der Waals surface area contributed by atoms with E-state index in [-0.39, 0.29) is 11.7 Å². The van der Waals surface area contributed by atoms with Crippen molar-refractivity contribution in [2.24, 2.45) is 0 Å². The number of Topliss-reactive ketones (excluding diaryl/α,β-unsaturated/α-hetero) is 1. The molecule has 1 heterocycles. The average Bonchev–Trinajstić information content (AvgIpc) is 3.09. The van der Waals surface area contributed by atoms with Crippen LogP contribution in [0.3, 0.4) is 0 Å². The van der Waals surface area contributed by atoms with Crippen LogP contribution in [0.4, 0.5) is 0 Å². The van der Waals surface area contributed by atoms with Gasteiger partial charge in [0, 0.05) is 17.9 Å². The Bertz CT molecular complexity index is 681. The van der Waals surface area contributed by atoms with E-state index in [4.69, 9.17) is 4.74 Å². The average molecular weight is 296 g/mol. The molecule has 1 atom stereocenters. The minimum atomic E-state index is 0.0562. The summed E-state index contributed by atoms with van der Waals surface area (Å²) < 4.78 is 5.37. The molecular weight excluding hydrogens is 280 g/mol. The zero-order valence-corrected chi connectivity index (χ0v) is 12.6. The second kappa shape index (κ2) is 6.10. The third-order valence-corrected chi connectivity index (χ3v) is 4.57. The van der Waals surface area contributed by atoms with Crippen molar-refractivity contribution < 1.29 is 9.53 Å². The SMILES string of the molecule is COC1=CC=C(C(=O)c2cccs2)[C@H](c2ccccc2)C1. The first-order valence-corrected chi connectivity index (χ1v) is 7.75. The number of allylic oxidation sites excluding steroid dienone is 4. The quantitative estimate of drug-likeness (QED) is 0.772. The fourth-order valence-electron chi connectivity index (χ4n) is 2.60. The molecule has 2 aromatic rings. The molecule has 1 aliphatic rings. The first kappa shape index (κ1) is 13.8. The molecule has 0 radical (unpaired) electrons. The fourth-order valence-corrected chi connectivity index (χ4v) is 3.28. The van der Waals surface area contributed by atoms with Gasteiger partial charge < -0.3 is 4.74 Å². The van der Waals surface area contributed by atoms with E-state index in [9.17, 15) is 4.79 Å². The number of ether oxygens (including phenoxy) is 1. The minimum absolute atomic E-state index is 0.0562. The predicted octanol–water partition coefficient (Wildman–Crippen LogP) is 4.58. The Kier molecular flexibility index (Phi) is 4.02. The molecule has 1 aromatic heterocycles. The Balaban J connectivity index is 1.99. The molecule has 0 N–H and O–H groups in total. The normalized spacial score (nSPS) is 17.9. The molecule has 0 spiro atoms. The summed E-state index contributed by atoms with van der Waals surface area (Å²) in [6, 6.07) is 13.9. The van der Waals surface area contributed by atoms with Crippen LogP contribution < -0.4 is 0 Å². The fraction of sp³-hybridized carbons (Fsp3) is 0.167. The van der Waals surface area contributed by atoms with Crippen LogP contribution in [0.25, 0.3) is 0 Å². The standard InChI is InChI=1S/C18H16O2S/c1-20-14-9-10-15(18(19)17-8-5-11-21-17)16(12-14)13-6-3-2-4-7-13/h2-11,16H,12H2,1H3/t16-/m0/s1. The number of thiophene rings is 1. The third kappa shape index (κ3) is 2.83. The van der Waals surface area contributed by atoms with Crippen LogP contribution >= 0.6 is 11.3 Å². The summed E-state index contributed by atoms with van der Waals surface area (Å²) in [7, 11) is 1.67. The zero-order chi connectivity index (χ0) is 14.7. The largest absolute Gasteiger partial charge is 0.501 e. The van der Waals surface area contributed by atoms with E-state index in [1.807, 2.05) is 47.9 Å². The first-order chi connectivity index (χ1) is 10.3. The van der Waals surface area contributed by atoms with E-state index in [0.717, 1.165) is 28.2 Å². The van der Waals surface area contributed by atoms with E-state index in [1.165, 1.54) is 11.3 Å². The summed E-state index contributed by atoms with van der Waals surface area (Å²) in [5, 5.41) is 1.94. The molecule has 0 amide bonds. The molecule has 0 fully saturated rings. The lowest BCUT2D eigenvalue weighted by Crippen LogP contribution is -2.15. The molecule has 1 aromatic carbocycles. The van der Waals surface area contributed by atoms with Gasteiger partial charge in [0.15, 0.2) is 5.78 Å². The molecule has 0 saturated carbocycles. The van der Waals surface area contributed by atoms with Gasteiger partial charge in [-0.1, -0.05) is 42.5 Å². The van der Waals surface area contributed by atoms with Crippen LogP contribution in [0.15, 0.2) is 71.3 Å². The maximum atomic E-state index is 12.7. The van der Waals surface area contributed by atoms with Gasteiger partial charge in [-0.2, -0.15) is 0 Å². The van der Waals surface area contributed by atoms with Crippen molar-refractivity contribution >= 4 is 17.1 Å². The predicted molar refractivity (Wildman–Crippen MR) is 85.6 cm³/mol. The summed E-state index contributed by atoms with van der Waals surface area (Å²) in [4.78, 5) is 13.5. The number of ketones is 1. The van der Waals surface area contributed by atoms with Crippen molar-refractivity contribution in [3.8, 4) is 0 Å². The Morgan fingerprint density at radius 2 is 1.95 bits per heavy atom. The van der Waals surface area contributed by atoms with Gasteiger partial charge in [-0.05, 0) is 23.1 Å². The lowest BCUT2D eigenvalue weighted by Gasteiger charge is -2.24. The maximum Gasteiger partial charge on any atom is 0.199 e. The number of carbonyl (C=O) groups excluding carboxylic acids is 1. The summed E-state index contributed by atoms with van der Waals surface area (Å²) in [6.07, 6.45) is 4.53. The highest BCUT2D eigenvalue weighted by Gasteiger charge is 2.27. The van der Waals surface area contributed by atoms with Crippen molar-refractivity contribution in [3.05, 3.63) is 81.8 Å². The van der Waals surface area contributed by atoms with Gasteiger partial charge >= 0.3 is 0 Å². The van der Waals surface area contributed by atoms with Crippen molar-refractivity contribution in [1.82, 2.24) is 0 Å². The third-order valence-electron chi connectivity index (χ3n) is 3.70. The molecule has 0 unspecified atom stereocenters. The van der Waals surface area contributed by atoms with Crippen LogP contribution in [0.2, 0.25) is 0 Å². The highest BCUT2D eigenvalue weighted by atomic mass is 32.1. The van der Waals surface area contributed by atoms with Crippen LogP contribution in [-0.2, 0) is 4.74 Å². The van der Waals surface area contributed by atoms with Crippen LogP contribution in [0.5, 0.6) is 0 Å². The van der Waals surface area contributed by atoms with Crippen LogP contribution in [0, 0.1) is 0 Å². The molecule has 0 saturated heterocycles. The van der Waals surface area contributed by atoms with Crippen molar-refractivity contribution in [2.45, 2.75) is 12.3 Å². The molecule has 0 bridgehead atoms. The molecule has 21 heavy (non-hydrogen) atoms. The van der Waals surface area contributed by atoms with Crippen molar-refractivity contribution in [3.63, 3.8) is 0 Å². The summed E-state index contributed by atoms with van der Waals surface area (Å²) >= 11 is 1.49. The summed E-state index contributed by atoms with van der Waals surface area (Å²) in [5.74, 6) is 1.08. The molecule has 0 aliphatic heterocycles. The van der Waals surface area contributed by atoms with Gasteiger partial charge in [-0.3, -0.25) is 4.79 Å². The Morgan fingerprint density at radius 3 is 2.62 bits per heavy atom. The number of rotatable bonds is 4. The first-order valence-electron chi connectivity index (χ1n) is 6.87. The topological polar surface area (TPSA) is 26.3 Å². The second-order valence-corrected chi connectivity index (χ2v) is 5.88. The maximum absolute atomic E-state index is 12.7. The van der Waals surface area contributed by atoms with Gasteiger partial charge in [-0.15, -0.1) is 11.3 Å². The molecule has 3 heteroatoms. The highest BCUT2D eigenvalue weighted by molar-refractivity contribution is 7.12. The van der Waals surface area contributed by atoms with E-state index >= 15 is 0 Å². The number of benzene rings is 1. The van der Waals surface area contributed by atoms with Gasteiger partial charge in [0.25, 0.3) is 0 Å². The van der Waals surface area contributed by atoms with Gasteiger partial charge in [0.1, 0.15) is 0 Å². The van der Waals surface area contributed by atoms with Crippen molar-refractivity contribution in [1.29, 1.82) is 0 Å².